The summed E-state index contributed by atoms with van der Waals surface area (Å²) >= 11 is 1.54. The molecule has 0 saturated carbocycles. The number of nitrogens with zero attached hydrogens (tertiary/aromatic N) is 2. The van der Waals surface area contributed by atoms with Crippen molar-refractivity contribution in [2.24, 2.45) is 11.7 Å². The number of nitrogens with two attached hydrogens (primary N) is 1. The van der Waals surface area contributed by atoms with Crippen molar-refractivity contribution in [3.8, 4) is 0 Å². The molecule has 0 bridgehead atoms. The topological polar surface area (TPSA) is 78.7 Å². The molecule has 26 heavy (non-hydrogen) atoms. The highest BCUT2D eigenvalue weighted by molar-refractivity contribution is 7.17. The van der Waals surface area contributed by atoms with Crippen LogP contribution in [0.4, 0.5) is 5.00 Å². The van der Waals surface area contributed by atoms with E-state index in [0.29, 0.717) is 29.1 Å². The van der Waals surface area contributed by atoms with Crippen LogP contribution in [-0.4, -0.2) is 60.4 Å². The first-order chi connectivity index (χ1) is 12.5. The Morgan fingerprint density at radius 2 is 2.12 bits per heavy atom. The molecule has 3 N–H and O–H groups in total. The van der Waals surface area contributed by atoms with E-state index < -0.39 is 5.91 Å². The second-order valence-electron chi connectivity index (χ2n) is 8.04. The van der Waals surface area contributed by atoms with E-state index in [1.165, 1.54) is 24.3 Å². The van der Waals surface area contributed by atoms with Gasteiger partial charge in [0.2, 0.25) is 5.91 Å². The van der Waals surface area contributed by atoms with E-state index in [9.17, 15) is 9.59 Å². The van der Waals surface area contributed by atoms with Crippen molar-refractivity contribution in [1.82, 2.24) is 9.80 Å². The van der Waals surface area contributed by atoms with Gasteiger partial charge < -0.3 is 11.1 Å². The lowest BCUT2D eigenvalue weighted by molar-refractivity contribution is -0.117. The summed E-state index contributed by atoms with van der Waals surface area (Å²) in [6.07, 6.45) is 5.43. The number of hydrogen-bond donors (Lipinski definition) is 2. The van der Waals surface area contributed by atoms with Gasteiger partial charge >= 0.3 is 0 Å². The molecule has 6 nitrogen and oxygen atoms in total. The molecular formula is C19H28N4O2S. The Hall–Kier alpha value is -1.44. The zero-order valence-electron chi connectivity index (χ0n) is 15.4. The number of primary amides is 1. The Labute approximate surface area is 158 Å². The van der Waals surface area contributed by atoms with Crippen LogP contribution in [0.3, 0.4) is 0 Å². The molecule has 2 amide bonds. The summed E-state index contributed by atoms with van der Waals surface area (Å²) in [5.74, 6) is 0.158. The van der Waals surface area contributed by atoms with Gasteiger partial charge in [-0.25, -0.2) is 0 Å². The molecular weight excluding hydrogens is 348 g/mol. The molecule has 1 aliphatic carbocycles. The number of hydrogen-bond acceptors (Lipinski definition) is 5. The zero-order valence-corrected chi connectivity index (χ0v) is 16.2. The lowest BCUT2D eigenvalue weighted by Gasteiger charge is -2.37. The van der Waals surface area contributed by atoms with Crippen LogP contribution >= 0.6 is 11.3 Å². The van der Waals surface area contributed by atoms with Gasteiger partial charge in [0, 0.05) is 30.6 Å². The number of rotatable bonds is 4. The van der Waals surface area contributed by atoms with Crippen molar-refractivity contribution in [1.29, 1.82) is 0 Å². The average Bonchev–Trinajstić information content (AvgIpc) is 3.17. The largest absolute Gasteiger partial charge is 0.365 e. The van der Waals surface area contributed by atoms with E-state index in [2.05, 4.69) is 22.0 Å². The standard InChI is InChI=1S/C19H28N4O2S/c1-12-4-5-14-15(9-12)26-19(17(14)18(20)25)21-16(24)11-22-7-8-23-6-2-3-13(23)10-22/h12-13H,2-11H2,1H3,(H2,20,25)(H,21,24). The van der Waals surface area contributed by atoms with Gasteiger partial charge in [0.15, 0.2) is 0 Å². The SMILES string of the molecule is CC1CCc2c(sc(NC(=O)CN3CCN4CCCC4C3)c2C(N)=O)C1. The third-order valence-corrected chi connectivity index (χ3v) is 7.22. The predicted molar refractivity (Wildman–Crippen MR) is 104 cm³/mol. The Bertz CT molecular complexity index is 717. The highest BCUT2D eigenvalue weighted by Crippen LogP contribution is 2.39. The summed E-state index contributed by atoms with van der Waals surface area (Å²) in [7, 11) is 0. The van der Waals surface area contributed by atoms with Crippen molar-refractivity contribution >= 4 is 28.2 Å². The number of anilines is 1. The van der Waals surface area contributed by atoms with Crippen molar-refractivity contribution in [2.45, 2.75) is 45.1 Å². The second-order valence-corrected chi connectivity index (χ2v) is 9.14. The molecule has 0 aromatic carbocycles. The maximum absolute atomic E-state index is 12.6. The summed E-state index contributed by atoms with van der Waals surface area (Å²) in [6.45, 7) is 6.77. The highest BCUT2D eigenvalue weighted by atomic mass is 32.1. The number of carbonyl (C=O) groups is 2. The molecule has 3 aliphatic rings. The molecule has 1 aromatic rings. The van der Waals surface area contributed by atoms with E-state index >= 15 is 0 Å². The van der Waals surface area contributed by atoms with Crippen LogP contribution in [0.25, 0.3) is 0 Å². The molecule has 4 rings (SSSR count). The first-order valence-electron chi connectivity index (χ1n) is 9.72. The molecule has 1 aromatic heterocycles. The fourth-order valence-electron chi connectivity index (χ4n) is 4.67. The third kappa shape index (κ3) is 3.52. The Morgan fingerprint density at radius 1 is 1.27 bits per heavy atom. The lowest BCUT2D eigenvalue weighted by Crippen LogP contribution is -2.51. The maximum atomic E-state index is 12.6. The molecule has 0 spiro atoms. The quantitative estimate of drug-likeness (QED) is 0.838. The number of thiophene rings is 1. The fraction of sp³-hybridized carbons (Fsp3) is 0.684. The van der Waals surface area contributed by atoms with Gasteiger partial charge in [0.05, 0.1) is 12.1 Å². The van der Waals surface area contributed by atoms with Gasteiger partial charge in [-0.3, -0.25) is 19.4 Å². The predicted octanol–water partition coefficient (Wildman–Crippen LogP) is 1.69. The van der Waals surface area contributed by atoms with Crippen LogP contribution in [0, 0.1) is 5.92 Å². The molecule has 142 valence electrons. The van der Waals surface area contributed by atoms with Crippen LogP contribution in [0.5, 0.6) is 0 Å². The Kier molecular flexibility index (Phi) is 5.03. The monoisotopic (exact) mass is 376 g/mol. The van der Waals surface area contributed by atoms with Crippen LogP contribution in [0.15, 0.2) is 0 Å². The fourth-order valence-corrected chi connectivity index (χ4v) is 6.10. The number of amides is 2. The van der Waals surface area contributed by atoms with Gasteiger partial charge in [-0.2, -0.15) is 0 Å². The highest BCUT2D eigenvalue weighted by Gasteiger charge is 2.32. The summed E-state index contributed by atoms with van der Waals surface area (Å²) < 4.78 is 0. The van der Waals surface area contributed by atoms with Gasteiger partial charge in [0.25, 0.3) is 5.91 Å². The summed E-state index contributed by atoms with van der Waals surface area (Å²) in [5, 5.41) is 3.65. The van der Waals surface area contributed by atoms with E-state index in [1.807, 2.05) is 0 Å². The van der Waals surface area contributed by atoms with Gasteiger partial charge in [0.1, 0.15) is 5.00 Å². The smallest absolute Gasteiger partial charge is 0.251 e. The average molecular weight is 377 g/mol. The summed E-state index contributed by atoms with van der Waals surface area (Å²) in [4.78, 5) is 30.6. The van der Waals surface area contributed by atoms with Gasteiger partial charge in [-0.15, -0.1) is 11.3 Å². The number of piperazine rings is 1. The minimum absolute atomic E-state index is 0.0365. The van der Waals surface area contributed by atoms with Crippen LogP contribution in [-0.2, 0) is 17.6 Å². The number of nitrogens with one attached hydrogen (secondary N) is 1. The van der Waals surface area contributed by atoms with Crippen molar-refractivity contribution in [2.75, 3.05) is 38.0 Å². The van der Waals surface area contributed by atoms with E-state index in [0.717, 1.165) is 44.5 Å². The third-order valence-electron chi connectivity index (χ3n) is 6.05. The van der Waals surface area contributed by atoms with E-state index in [4.69, 9.17) is 5.73 Å². The van der Waals surface area contributed by atoms with E-state index in [-0.39, 0.29) is 5.91 Å². The Balaban J connectivity index is 1.43. The zero-order chi connectivity index (χ0) is 18.3. The van der Waals surface area contributed by atoms with Crippen molar-refractivity contribution in [3.63, 3.8) is 0 Å². The minimum atomic E-state index is -0.424. The van der Waals surface area contributed by atoms with Crippen LogP contribution < -0.4 is 11.1 Å². The van der Waals surface area contributed by atoms with Gasteiger partial charge in [-0.1, -0.05) is 6.92 Å². The molecule has 2 fully saturated rings. The number of fused-ring (bicyclic) bond motifs is 2. The molecule has 7 heteroatoms. The van der Waals surface area contributed by atoms with Gasteiger partial charge in [-0.05, 0) is 50.1 Å². The summed E-state index contributed by atoms with van der Waals surface area (Å²) in [6, 6.07) is 0.605. The molecule has 2 unspecified atom stereocenters. The lowest BCUT2D eigenvalue weighted by atomic mass is 9.88. The van der Waals surface area contributed by atoms with Crippen LogP contribution in [0.2, 0.25) is 0 Å². The first kappa shape index (κ1) is 17.9. The first-order valence-corrected chi connectivity index (χ1v) is 10.5. The van der Waals surface area contributed by atoms with E-state index in [1.54, 1.807) is 11.3 Å². The Morgan fingerprint density at radius 3 is 2.92 bits per heavy atom. The minimum Gasteiger partial charge on any atom is -0.365 e. The molecule has 2 atom stereocenters. The van der Waals surface area contributed by atoms with Crippen molar-refractivity contribution < 1.29 is 9.59 Å². The molecule has 3 heterocycles. The maximum Gasteiger partial charge on any atom is 0.251 e. The second kappa shape index (κ2) is 7.29. The molecule has 2 aliphatic heterocycles. The van der Waals surface area contributed by atoms with Crippen molar-refractivity contribution in [3.05, 3.63) is 16.0 Å². The normalized spacial score (nSPS) is 26.3. The number of carbonyl (C=O) groups excluding carboxylic acids is 2. The molecule has 0 radical (unpaired) electrons. The summed E-state index contributed by atoms with van der Waals surface area (Å²) in [5.41, 5.74) is 7.25. The van der Waals surface area contributed by atoms with Crippen LogP contribution in [0.1, 0.15) is 47.0 Å². The molecule has 2 saturated heterocycles.